The lowest BCUT2D eigenvalue weighted by atomic mass is 10.2. The Balaban J connectivity index is 1.45. The van der Waals surface area contributed by atoms with Crippen LogP contribution in [0.4, 0.5) is 18.9 Å². The van der Waals surface area contributed by atoms with Gasteiger partial charge in [0.1, 0.15) is 5.02 Å². The van der Waals surface area contributed by atoms with Crippen molar-refractivity contribution < 1.29 is 18.0 Å². The monoisotopic (exact) mass is 536 g/mol. The third-order valence-electron chi connectivity index (χ3n) is 4.96. The minimum absolute atomic E-state index is 0.0806. The highest BCUT2D eigenvalue weighted by atomic mass is 35.5. The lowest BCUT2D eigenvalue weighted by Crippen LogP contribution is -2.15. The number of benzene rings is 1. The van der Waals surface area contributed by atoms with Gasteiger partial charge in [-0.1, -0.05) is 41.4 Å². The van der Waals surface area contributed by atoms with E-state index >= 15 is 0 Å². The predicted molar refractivity (Wildman–Crippen MR) is 127 cm³/mol. The van der Waals surface area contributed by atoms with Gasteiger partial charge < -0.3 is 5.32 Å². The molecular weight excluding hydrogens is 524 g/mol. The van der Waals surface area contributed by atoms with E-state index in [0.717, 1.165) is 11.6 Å². The molecule has 0 spiro atoms. The lowest BCUT2D eigenvalue weighted by molar-refractivity contribution is -0.142. The van der Waals surface area contributed by atoms with Crippen LogP contribution in [0.1, 0.15) is 21.7 Å². The van der Waals surface area contributed by atoms with Gasteiger partial charge in [0.05, 0.1) is 29.0 Å². The summed E-state index contributed by atoms with van der Waals surface area (Å²) in [7, 11) is 0. The van der Waals surface area contributed by atoms with Crippen LogP contribution < -0.4 is 5.32 Å². The summed E-state index contributed by atoms with van der Waals surface area (Å²) < 4.78 is 43.5. The van der Waals surface area contributed by atoms with E-state index < -0.39 is 23.5 Å². The van der Waals surface area contributed by atoms with Gasteiger partial charge in [-0.2, -0.15) is 23.4 Å². The second-order valence-electron chi connectivity index (χ2n) is 7.41. The number of aromatic nitrogens is 5. The molecule has 0 radical (unpaired) electrons. The SMILES string of the molecule is O=C(Nc1cnn(Cc2ccc(Cl)cc2)c1)c1nn2c(C(F)(F)F)cc(-c3cccs3)nc2c1Cl. The molecule has 0 aliphatic heterocycles. The molecule has 35 heavy (non-hydrogen) atoms. The van der Waals surface area contributed by atoms with Crippen LogP contribution in [-0.4, -0.2) is 30.3 Å². The highest BCUT2D eigenvalue weighted by Gasteiger charge is 2.37. The molecule has 0 saturated carbocycles. The summed E-state index contributed by atoms with van der Waals surface area (Å²) in [5.74, 6) is -0.794. The molecule has 178 valence electrons. The number of fused-ring (bicyclic) bond motifs is 1. The van der Waals surface area contributed by atoms with Crippen molar-refractivity contribution in [1.82, 2.24) is 24.4 Å². The van der Waals surface area contributed by atoms with Gasteiger partial charge in [-0.3, -0.25) is 9.48 Å². The Bertz CT molecular complexity index is 1530. The zero-order valence-corrected chi connectivity index (χ0v) is 19.8. The highest BCUT2D eigenvalue weighted by molar-refractivity contribution is 7.13. The van der Waals surface area contributed by atoms with Gasteiger partial charge >= 0.3 is 6.18 Å². The molecule has 0 saturated heterocycles. The van der Waals surface area contributed by atoms with Gasteiger partial charge in [0.25, 0.3) is 5.91 Å². The minimum atomic E-state index is -4.75. The van der Waals surface area contributed by atoms with Gasteiger partial charge in [-0.15, -0.1) is 11.3 Å². The van der Waals surface area contributed by atoms with E-state index in [1.807, 2.05) is 12.1 Å². The Morgan fingerprint density at radius 1 is 1.14 bits per heavy atom. The third kappa shape index (κ3) is 4.75. The first-order valence-electron chi connectivity index (χ1n) is 9.97. The van der Waals surface area contributed by atoms with Gasteiger partial charge in [0.2, 0.25) is 0 Å². The summed E-state index contributed by atoms with van der Waals surface area (Å²) in [6.07, 6.45) is -1.77. The second kappa shape index (κ2) is 8.99. The molecule has 0 aliphatic rings. The van der Waals surface area contributed by atoms with Crippen LogP contribution in [0.15, 0.2) is 60.2 Å². The van der Waals surface area contributed by atoms with E-state index in [1.165, 1.54) is 17.5 Å². The van der Waals surface area contributed by atoms with Crippen LogP contribution in [0.5, 0.6) is 0 Å². The average molecular weight is 537 g/mol. The molecule has 5 aromatic rings. The Morgan fingerprint density at radius 3 is 2.60 bits per heavy atom. The fraction of sp³-hybridized carbons (Fsp3) is 0.0909. The van der Waals surface area contributed by atoms with Gasteiger partial charge in [0.15, 0.2) is 17.0 Å². The van der Waals surface area contributed by atoms with Crippen LogP contribution in [0, 0.1) is 0 Å². The number of anilines is 1. The van der Waals surface area contributed by atoms with E-state index in [-0.39, 0.29) is 16.4 Å². The molecule has 0 aliphatic carbocycles. The van der Waals surface area contributed by atoms with Crippen LogP contribution >= 0.6 is 34.5 Å². The first kappa shape index (κ1) is 23.3. The Hall–Kier alpha value is -3.41. The van der Waals surface area contributed by atoms with Crippen LogP contribution in [0.3, 0.4) is 0 Å². The number of halogens is 5. The Morgan fingerprint density at radius 2 is 1.91 bits per heavy atom. The molecule has 0 atom stereocenters. The van der Waals surface area contributed by atoms with E-state index in [9.17, 15) is 18.0 Å². The van der Waals surface area contributed by atoms with Crippen LogP contribution in [-0.2, 0) is 12.7 Å². The van der Waals surface area contributed by atoms with Gasteiger partial charge in [0, 0.05) is 11.2 Å². The smallest absolute Gasteiger partial charge is 0.318 e. The number of hydrogen-bond acceptors (Lipinski definition) is 5. The molecular formula is C22H13Cl2F3N6OS. The molecule has 4 heterocycles. The van der Waals surface area contributed by atoms with Crippen LogP contribution in [0.2, 0.25) is 10.0 Å². The summed E-state index contributed by atoms with van der Waals surface area (Å²) in [4.78, 5) is 17.6. The summed E-state index contributed by atoms with van der Waals surface area (Å²) in [5, 5.41) is 12.6. The number of rotatable bonds is 5. The van der Waals surface area contributed by atoms with Crippen molar-refractivity contribution in [3.8, 4) is 10.6 Å². The Kier molecular flexibility index (Phi) is 5.99. The standard InChI is InChI=1S/C22H13Cl2F3N6OS/c23-13-5-3-12(4-6-13)10-32-11-14(9-28-32)29-21(34)19-18(24)20-30-15(16-2-1-7-35-16)8-17(22(25,26)27)33(20)31-19/h1-9,11H,10H2,(H,29,34). The largest absolute Gasteiger partial charge is 0.433 e. The third-order valence-corrected chi connectivity index (χ3v) is 6.45. The number of nitrogens with one attached hydrogen (secondary N) is 1. The summed E-state index contributed by atoms with van der Waals surface area (Å²) in [6, 6.07) is 11.4. The number of hydrogen-bond donors (Lipinski definition) is 1. The maximum absolute atomic E-state index is 13.8. The number of amides is 1. The number of nitrogens with zero attached hydrogens (tertiary/aromatic N) is 5. The normalized spacial score (nSPS) is 11.8. The molecule has 4 aromatic heterocycles. The van der Waals surface area contributed by atoms with Crippen molar-refractivity contribution in [2.24, 2.45) is 0 Å². The fourth-order valence-electron chi connectivity index (χ4n) is 3.37. The maximum atomic E-state index is 13.8. The molecule has 13 heteroatoms. The second-order valence-corrected chi connectivity index (χ2v) is 9.17. The highest BCUT2D eigenvalue weighted by Crippen LogP contribution is 2.35. The molecule has 7 nitrogen and oxygen atoms in total. The quantitative estimate of drug-likeness (QED) is 0.286. The first-order chi connectivity index (χ1) is 16.7. The van der Waals surface area contributed by atoms with Crippen molar-refractivity contribution in [1.29, 1.82) is 0 Å². The molecule has 1 N–H and O–H groups in total. The summed E-state index contributed by atoms with van der Waals surface area (Å²) in [6.45, 7) is 0.423. The van der Waals surface area contributed by atoms with E-state index in [1.54, 1.807) is 40.5 Å². The van der Waals surface area contributed by atoms with Crippen molar-refractivity contribution >= 4 is 51.8 Å². The first-order valence-corrected chi connectivity index (χ1v) is 11.6. The molecule has 1 aromatic carbocycles. The van der Waals surface area contributed by atoms with Crippen molar-refractivity contribution in [2.75, 3.05) is 5.32 Å². The zero-order valence-electron chi connectivity index (χ0n) is 17.4. The zero-order chi connectivity index (χ0) is 24.7. The molecule has 0 unspecified atom stereocenters. The molecule has 1 amide bonds. The molecule has 5 rings (SSSR count). The van der Waals surface area contributed by atoms with E-state index in [0.29, 0.717) is 26.6 Å². The molecule has 0 fully saturated rings. The van der Waals surface area contributed by atoms with Crippen LogP contribution in [0.25, 0.3) is 16.2 Å². The summed E-state index contributed by atoms with van der Waals surface area (Å²) in [5.41, 5.74) is -0.418. The van der Waals surface area contributed by atoms with Crippen molar-refractivity contribution in [2.45, 2.75) is 12.7 Å². The molecule has 0 bridgehead atoms. The topological polar surface area (TPSA) is 77.1 Å². The summed E-state index contributed by atoms with van der Waals surface area (Å²) >= 11 is 13.4. The number of thiophene rings is 1. The number of carbonyl (C=O) groups is 1. The van der Waals surface area contributed by atoms with Gasteiger partial charge in [-0.25, -0.2) is 9.50 Å². The fourth-order valence-corrected chi connectivity index (χ4v) is 4.43. The minimum Gasteiger partial charge on any atom is -0.318 e. The number of carbonyl (C=O) groups excluding carboxylic acids is 1. The van der Waals surface area contributed by atoms with Crippen molar-refractivity contribution in [3.05, 3.63) is 87.2 Å². The average Bonchev–Trinajstić information content (AvgIpc) is 3.55. The predicted octanol–water partition coefficient (Wildman–Crippen LogP) is 6.28. The maximum Gasteiger partial charge on any atom is 0.433 e. The number of alkyl halides is 3. The lowest BCUT2D eigenvalue weighted by Gasteiger charge is -2.10. The Labute approximate surface area is 209 Å². The van der Waals surface area contributed by atoms with E-state index in [4.69, 9.17) is 23.2 Å². The van der Waals surface area contributed by atoms with Crippen molar-refractivity contribution in [3.63, 3.8) is 0 Å². The van der Waals surface area contributed by atoms with E-state index in [2.05, 4.69) is 20.5 Å². The van der Waals surface area contributed by atoms with Gasteiger partial charge in [-0.05, 0) is 35.2 Å².